The Labute approximate surface area is 209 Å². The summed E-state index contributed by atoms with van der Waals surface area (Å²) in [5.41, 5.74) is 4.11. The molecule has 1 heterocycles. The first kappa shape index (κ1) is 24.7. The quantitative estimate of drug-likeness (QED) is 0.494. The van der Waals surface area contributed by atoms with E-state index in [0.717, 1.165) is 21.6 Å². The third-order valence-electron chi connectivity index (χ3n) is 5.61. The molecule has 9 heteroatoms. The molecular weight excluding hydrogens is 482 g/mol. The predicted molar refractivity (Wildman–Crippen MR) is 139 cm³/mol. The van der Waals surface area contributed by atoms with Gasteiger partial charge in [0.15, 0.2) is 0 Å². The third kappa shape index (κ3) is 5.82. The molecule has 3 aromatic rings. The van der Waals surface area contributed by atoms with E-state index in [4.69, 9.17) is 5.14 Å². The molecular formula is C26H25N3O4S2. The lowest BCUT2D eigenvalue weighted by Crippen LogP contribution is -2.31. The summed E-state index contributed by atoms with van der Waals surface area (Å²) in [6, 6.07) is 19.5. The van der Waals surface area contributed by atoms with Gasteiger partial charge in [-0.25, -0.2) is 13.6 Å². The highest BCUT2D eigenvalue weighted by Crippen LogP contribution is 2.42. The molecule has 0 atom stereocenters. The highest BCUT2D eigenvalue weighted by atomic mass is 32.2. The fourth-order valence-electron chi connectivity index (χ4n) is 3.71. The van der Waals surface area contributed by atoms with Gasteiger partial charge in [-0.2, -0.15) is 0 Å². The second-order valence-electron chi connectivity index (χ2n) is 8.27. The number of hydrogen-bond acceptors (Lipinski definition) is 5. The number of nitrogens with two attached hydrogens (primary N) is 1. The number of nitrogens with one attached hydrogen (secondary N) is 1. The van der Waals surface area contributed by atoms with E-state index in [9.17, 15) is 18.0 Å². The van der Waals surface area contributed by atoms with Crippen molar-refractivity contribution in [1.82, 2.24) is 5.32 Å². The summed E-state index contributed by atoms with van der Waals surface area (Å²) >= 11 is 1.39. The normalized spacial score (nSPS) is 14.7. The van der Waals surface area contributed by atoms with E-state index in [1.165, 1.54) is 23.9 Å². The first-order valence-electron chi connectivity index (χ1n) is 10.9. The lowest BCUT2D eigenvalue weighted by Gasteiger charge is -2.27. The van der Waals surface area contributed by atoms with Crippen LogP contribution in [-0.4, -0.2) is 33.8 Å². The summed E-state index contributed by atoms with van der Waals surface area (Å²) in [6.45, 7) is 2.38. The highest BCUT2D eigenvalue weighted by molar-refractivity contribution is 8.04. The zero-order valence-electron chi connectivity index (χ0n) is 19.3. The topological polar surface area (TPSA) is 110 Å². The number of rotatable bonds is 6. The molecule has 0 aliphatic carbocycles. The van der Waals surface area contributed by atoms with Crippen LogP contribution < -0.4 is 15.4 Å². The third-order valence-corrected chi connectivity index (χ3v) is 7.62. The number of primary sulfonamides is 1. The van der Waals surface area contributed by atoms with Crippen molar-refractivity contribution in [2.24, 2.45) is 5.14 Å². The standard InChI is InChI=1S/C26H25N3O4S2/c1-17-4-3-5-19(14-17)15-24-26(31)29(2)22-16-20(8-11-23(22)34-24)25(30)28-13-12-18-6-9-21(10-7-18)35(27,32)33/h3-11,14-16H,12-13H2,1-2H3,(H,28,30)(H2,27,32,33)/b24-15+. The molecule has 0 saturated heterocycles. The van der Waals surface area contributed by atoms with Gasteiger partial charge in [-0.05, 0) is 60.9 Å². The number of carbonyl (C=O) groups is 2. The Morgan fingerprint density at radius 1 is 1.09 bits per heavy atom. The van der Waals surface area contributed by atoms with Crippen molar-refractivity contribution < 1.29 is 18.0 Å². The number of nitrogens with zero attached hydrogens (tertiary/aromatic N) is 1. The molecule has 0 fully saturated rings. The molecule has 1 aliphatic rings. The van der Waals surface area contributed by atoms with Crippen LogP contribution in [0.5, 0.6) is 0 Å². The van der Waals surface area contributed by atoms with Crippen LogP contribution >= 0.6 is 11.8 Å². The Morgan fingerprint density at radius 3 is 2.51 bits per heavy atom. The van der Waals surface area contributed by atoms with E-state index >= 15 is 0 Å². The molecule has 1 aliphatic heterocycles. The molecule has 0 spiro atoms. The van der Waals surface area contributed by atoms with Crippen molar-refractivity contribution in [3.05, 3.63) is 93.9 Å². The zero-order valence-corrected chi connectivity index (χ0v) is 20.9. The summed E-state index contributed by atoms with van der Waals surface area (Å²) in [5.74, 6) is -0.370. The number of aryl methyl sites for hydroxylation is 1. The van der Waals surface area contributed by atoms with E-state index in [1.54, 1.807) is 36.2 Å². The van der Waals surface area contributed by atoms with Gasteiger partial charge in [0.2, 0.25) is 10.0 Å². The number of sulfonamides is 1. The van der Waals surface area contributed by atoms with Gasteiger partial charge in [0.25, 0.3) is 11.8 Å². The molecule has 3 N–H and O–H groups in total. The van der Waals surface area contributed by atoms with Crippen LogP contribution in [0.3, 0.4) is 0 Å². The number of amides is 2. The maximum absolute atomic E-state index is 13.0. The minimum absolute atomic E-state index is 0.0489. The number of benzene rings is 3. The molecule has 0 radical (unpaired) electrons. The largest absolute Gasteiger partial charge is 0.352 e. The Balaban J connectivity index is 1.43. The Bertz CT molecular complexity index is 1430. The van der Waals surface area contributed by atoms with Gasteiger partial charge < -0.3 is 10.2 Å². The fraction of sp³-hybridized carbons (Fsp3) is 0.154. The van der Waals surface area contributed by atoms with Gasteiger partial charge in [0, 0.05) is 24.1 Å². The maximum atomic E-state index is 13.0. The van der Waals surface area contributed by atoms with E-state index in [2.05, 4.69) is 5.32 Å². The van der Waals surface area contributed by atoms with Gasteiger partial charge in [0.1, 0.15) is 0 Å². The van der Waals surface area contributed by atoms with Crippen molar-refractivity contribution in [3.8, 4) is 0 Å². The second kappa shape index (κ2) is 10.1. The predicted octanol–water partition coefficient (Wildman–Crippen LogP) is 3.72. The van der Waals surface area contributed by atoms with E-state index in [1.807, 2.05) is 43.3 Å². The average molecular weight is 508 g/mol. The number of fused-ring (bicyclic) bond motifs is 1. The van der Waals surface area contributed by atoms with Crippen LogP contribution in [0.2, 0.25) is 0 Å². The van der Waals surface area contributed by atoms with Gasteiger partial charge in [-0.3, -0.25) is 9.59 Å². The van der Waals surface area contributed by atoms with Crippen molar-refractivity contribution in [1.29, 1.82) is 0 Å². The van der Waals surface area contributed by atoms with Crippen molar-refractivity contribution in [2.45, 2.75) is 23.1 Å². The van der Waals surface area contributed by atoms with Crippen LogP contribution in [0.4, 0.5) is 5.69 Å². The van der Waals surface area contributed by atoms with Crippen LogP contribution in [-0.2, 0) is 21.2 Å². The minimum atomic E-state index is -3.73. The first-order chi connectivity index (χ1) is 16.6. The lowest BCUT2D eigenvalue weighted by molar-refractivity contribution is -0.114. The van der Waals surface area contributed by atoms with Crippen molar-refractivity contribution in [2.75, 3.05) is 18.5 Å². The fourth-order valence-corrected chi connectivity index (χ4v) is 5.32. The van der Waals surface area contributed by atoms with Crippen LogP contribution in [0.15, 0.2) is 81.4 Å². The second-order valence-corrected chi connectivity index (χ2v) is 10.9. The first-order valence-corrected chi connectivity index (χ1v) is 13.3. The molecule has 4 rings (SSSR count). The summed E-state index contributed by atoms with van der Waals surface area (Å²) in [5, 5.41) is 7.98. The summed E-state index contributed by atoms with van der Waals surface area (Å²) in [6.07, 6.45) is 2.42. The van der Waals surface area contributed by atoms with Crippen LogP contribution in [0, 0.1) is 6.92 Å². The Hall–Kier alpha value is -3.40. The van der Waals surface area contributed by atoms with Gasteiger partial charge in [-0.15, -0.1) is 0 Å². The molecule has 0 aromatic heterocycles. The number of anilines is 1. The number of carbonyl (C=O) groups excluding carboxylic acids is 2. The molecule has 0 unspecified atom stereocenters. The highest BCUT2D eigenvalue weighted by Gasteiger charge is 2.27. The van der Waals surface area contributed by atoms with Gasteiger partial charge in [0.05, 0.1) is 15.5 Å². The van der Waals surface area contributed by atoms with Gasteiger partial charge in [-0.1, -0.05) is 53.7 Å². The summed E-state index contributed by atoms with van der Waals surface area (Å²) < 4.78 is 22.7. The molecule has 2 amide bonds. The molecule has 180 valence electrons. The average Bonchev–Trinajstić information content (AvgIpc) is 2.82. The Morgan fingerprint density at radius 2 is 1.83 bits per heavy atom. The minimum Gasteiger partial charge on any atom is -0.352 e. The SMILES string of the molecule is Cc1cccc(/C=C2/Sc3ccc(C(=O)NCCc4ccc(S(N)(=O)=O)cc4)cc3N(C)C2=O)c1. The van der Waals surface area contributed by atoms with E-state index in [0.29, 0.717) is 29.1 Å². The molecule has 35 heavy (non-hydrogen) atoms. The summed E-state index contributed by atoms with van der Waals surface area (Å²) in [4.78, 5) is 28.8. The molecule has 0 saturated carbocycles. The van der Waals surface area contributed by atoms with Gasteiger partial charge >= 0.3 is 0 Å². The smallest absolute Gasteiger partial charge is 0.264 e. The zero-order chi connectivity index (χ0) is 25.2. The molecule has 0 bridgehead atoms. The number of thioether (sulfide) groups is 1. The van der Waals surface area contributed by atoms with E-state index < -0.39 is 10.0 Å². The van der Waals surface area contributed by atoms with Crippen LogP contribution in [0.1, 0.15) is 27.0 Å². The van der Waals surface area contributed by atoms with Crippen LogP contribution in [0.25, 0.3) is 6.08 Å². The lowest BCUT2D eigenvalue weighted by atomic mass is 10.1. The summed E-state index contributed by atoms with van der Waals surface area (Å²) in [7, 11) is -2.02. The number of hydrogen-bond donors (Lipinski definition) is 2. The van der Waals surface area contributed by atoms with E-state index in [-0.39, 0.29) is 16.7 Å². The maximum Gasteiger partial charge on any atom is 0.264 e. The van der Waals surface area contributed by atoms with Crippen molar-refractivity contribution in [3.63, 3.8) is 0 Å². The van der Waals surface area contributed by atoms with Crippen molar-refractivity contribution >= 4 is 45.4 Å². The monoisotopic (exact) mass is 507 g/mol. The molecule has 7 nitrogen and oxygen atoms in total. The molecule has 3 aromatic carbocycles. The number of likely N-dealkylation sites (N-methyl/N-ethyl adjacent to an activating group) is 1. The Kier molecular flexibility index (Phi) is 7.11.